The molecule has 128 valence electrons. The molecule has 1 unspecified atom stereocenters. The lowest BCUT2D eigenvalue weighted by Crippen LogP contribution is -2.29. The molecule has 25 heavy (non-hydrogen) atoms. The smallest absolute Gasteiger partial charge is 0.250 e. The molecule has 3 aromatic rings. The van der Waals surface area contributed by atoms with Gasteiger partial charge in [0.15, 0.2) is 0 Å². The average Bonchev–Trinajstić information content (AvgIpc) is 3.16. The Balaban J connectivity index is 1.61. The van der Waals surface area contributed by atoms with E-state index in [0.29, 0.717) is 6.54 Å². The number of carbonyl (C=O) groups is 1. The van der Waals surface area contributed by atoms with Crippen LogP contribution in [0.1, 0.15) is 24.9 Å². The molecule has 6 heteroatoms. The Morgan fingerprint density at radius 1 is 1.16 bits per heavy atom. The van der Waals surface area contributed by atoms with Gasteiger partial charge in [-0.15, -0.1) is 0 Å². The highest BCUT2D eigenvalue weighted by atomic mass is 16.2. The van der Waals surface area contributed by atoms with Crippen molar-refractivity contribution >= 4 is 5.91 Å². The lowest BCUT2D eigenvalue weighted by atomic mass is 10.1. The predicted molar refractivity (Wildman–Crippen MR) is 95.4 cm³/mol. The molecule has 0 bridgehead atoms. The second-order valence-corrected chi connectivity index (χ2v) is 5.82. The Morgan fingerprint density at radius 3 is 2.80 bits per heavy atom. The van der Waals surface area contributed by atoms with Gasteiger partial charge in [-0.3, -0.25) is 9.59 Å². The summed E-state index contributed by atoms with van der Waals surface area (Å²) in [6, 6.07) is 14.6. The highest BCUT2D eigenvalue weighted by molar-refractivity contribution is 5.76. The van der Waals surface area contributed by atoms with E-state index in [9.17, 15) is 9.59 Å². The first kappa shape index (κ1) is 16.7. The lowest BCUT2D eigenvalue weighted by molar-refractivity contribution is -0.121. The minimum atomic E-state index is -0.129. The van der Waals surface area contributed by atoms with Crippen molar-refractivity contribution in [2.24, 2.45) is 0 Å². The summed E-state index contributed by atoms with van der Waals surface area (Å²) in [5.74, 6) is -0.0901. The van der Waals surface area contributed by atoms with E-state index >= 15 is 0 Å². The Morgan fingerprint density at radius 2 is 2.04 bits per heavy atom. The lowest BCUT2D eigenvalue weighted by Gasteiger charge is -2.16. The third kappa shape index (κ3) is 4.23. The van der Waals surface area contributed by atoms with Gasteiger partial charge in [0.05, 0.1) is 11.7 Å². The number of pyridine rings is 1. The van der Waals surface area contributed by atoms with E-state index in [0.717, 1.165) is 11.3 Å². The van der Waals surface area contributed by atoms with Crippen molar-refractivity contribution in [3.05, 3.63) is 83.0 Å². The summed E-state index contributed by atoms with van der Waals surface area (Å²) in [5, 5.41) is 7.19. The van der Waals surface area contributed by atoms with Crippen molar-refractivity contribution in [3.63, 3.8) is 0 Å². The maximum Gasteiger partial charge on any atom is 0.250 e. The minimum absolute atomic E-state index is 0.0901. The third-order valence-corrected chi connectivity index (χ3v) is 4.00. The molecule has 1 atom stereocenters. The van der Waals surface area contributed by atoms with Gasteiger partial charge in [-0.25, -0.2) is 4.68 Å². The van der Waals surface area contributed by atoms with Gasteiger partial charge in [0.2, 0.25) is 5.91 Å². The summed E-state index contributed by atoms with van der Waals surface area (Å²) < 4.78 is 3.31. The first-order chi connectivity index (χ1) is 12.1. The van der Waals surface area contributed by atoms with Gasteiger partial charge in [0.1, 0.15) is 0 Å². The van der Waals surface area contributed by atoms with Crippen molar-refractivity contribution in [1.82, 2.24) is 19.7 Å². The molecule has 1 N–H and O–H groups in total. The molecule has 1 amide bonds. The standard InChI is InChI=1S/C19H20N4O2/c1-15(16-6-4-7-17(14-16)23-12-5-10-20-23)21-18(24)9-13-22-11-3-2-8-19(22)25/h2-8,10-12,14-15H,9,13H2,1H3,(H,21,24). The van der Waals surface area contributed by atoms with Crippen LogP contribution in [0.4, 0.5) is 0 Å². The second-order valence-electron chi connectivity index (χ2n) is 5.82. The summed E-state index contributed by atoms with van der Waals surface area (Å²) in [4.78, 5) is 23.8. The van der Waals surface area contributed by atoms with Crippen LogP contribution in [0.3, 0.4) is 0 Å². The van der Waals surface area contributed by atoms with Crippen LogP contribution >= 0.6 is 0 Å². The fourth-order valence-corrected chi connectivity index (χ4v) is 2.62. The molecule has 0 aliphatic rings. The van der Waals surface area contributed by atoms with E-state index in [-0.39, 0.29) is 23.9 Å². The zero-order chi connectivity index (χ0) is 17.6. The molecule has 1 aromatic carbocycles. The summed E-state index contributed by atoms with van der Waals surface area (Å²) >= 11 is 0. The molecular weight excluding hydrogens is 316 g/mol. The average molecular weight is 336 g/mol. The Kier molecular flexibility index (Phi) is 5.09. The van der Waals surface area contributed by atoms with Crippen molar-refractivity contribution in [3.8, 4) is 5.69 Å². The SMILES string of the molecule is CC(NC(=O)CCn1ccccc1=O)c1cccc(-n2cccn2)c1. The molecule has 0 fully saturated rings. The first-order valence-corrected chi connectivity index (χ1v) is 8.18. The highest BCUT2D eigenvalue weighted by Gasteiger charge is 2.11. The summed E-state index contributed by atoms with van der Waals surface area (Å²) in [6.07, 6.45) is 5.54. The molecule has 0 radical (unpaired) electrons. The van der Waals surface area contributed by atoms with E-state index < -0.39 is 0 Å². The van der Waals surface area contributed by atoms with Crippen LogP contribution < -0.4 is 10.9 Å². The number of rotatable bonds is 6. The predicted octanol–water partition coefficient (Wildman–Crippen LogP) is 2.30. The molecule has 0 saturated heterocycles. The van der Waals surface area contributed by atoms with E-state index in [1.54, 1.807) is 29.2 Å². The number of hydrogen-bond donors (Lipinski definition) is 1. The summed E-state index contributed by atoms with van der Waals surface area (Å²) in [6.45, 7) is 2.31. The van der Waals surface area contributed by atoms with Gasteiger partial charge >= 0.3 is 0 Å². The number of benzene rings is 1. The quantitative estimate of drug-likeness (QED) is 0.751. The zero-order valence-electron chi connectivity index (χ0n) is 14.0. The molecule has 2 aromatic heterocycles. The fourth-order valence-electron chi connectivity index (χ4n) is 2.62. The fraction of sp³-hybridized carbons (Fsp3) is 0.211. The van der Waals surface area contributed by atoms with E-state index in [1.807, 2.05) is 43.5 Å². The number of carbonyl (C=O) groups excluding carboxylic acids is 1. The highest BCUT2D eigenvalue weighted by Crippen LogP contribution is 2.16. The maximum absolute atomic E-state index is 12.2. The van der Waals surface area contributed by atoms with Crippen LogP contribution in [-0.2, 0) is 11.3 Å². The van der Waals surface area contributed by atoms with Gasteiger partial charge in [-0.05, 0) is 36.8 Å². The number of aromatic nitrogens is 3. The topological polar surface area (TPSA) is 68.9 Å². The van der Waals surface area contributed by atoms with E-state index in [4.69, 9.17) is 0 Å². The van der Waals surface area contributed by atoms with Crippen LogP contribution in [0.15, 0.2) is 71.9 Å². The molecule has 0 spiro atoms. The zero-order valence-corrected chi connectivity index (χ0v) is 14.0. The van der Waals surface area contributed by atoms with Crippen LogP contribution in [-0.4, -0.2) is 20.3 Å². The molecule has 3 rings (SSSR count). The second kappa shape index (κ2) is 7.61. The van der Waals surface area contributed by atoms with Crippen LogP contribution in [0.2, 0.25) is 0 Å². The Hall–Kier alpha value is -3.15. The van der Waals surface area contributed by atoms with E-state index in [2.05, 4.69) is 10.4 Å². The molecule has 6 nitrogen and oxygen atoms in total. The first-order valence-electron chi connectivity index (χ1n) is 8.18. The third-order valence-electron chi connectivity index (χ3n) is 4.00. The van der Waals surface area contributed by atoms with Gasteiger partial charge in [0, 0.05) is 37.6 Å². The number of amides is 1. The monoisotopic (exact) mass is 336 g/mol. The van der Waals surface area contributed by atoms with Crippen molar-refractivity contribution in [2.45, 2.75) is 25.9 Å². The van der Waals surface area contributed by atoms with Crippen LogP contribution in [0, 0.1) is 0 Å². The Bertz CT molecular complexity index is 900. The van der Waals surface area contributed by atoms with Crippen LogP contribution in [0.25, 0.3) is 5.69 Å². The summed E-state index contributed by atoms with van der Waals surface area (Å²) in [7, 11) is 0. The van der Waals surface area contributed by atoms with Gasteiger partial charge < -0.3 is 9.88 Å². The largest absolute Gasteiger partial charge is 0.350 e. The van der Waals surface area contributed by atoms with Gasteiger partial charge in [0.25, 0.3) is 5.56 Å². The minimum Gasteiger partial charge on any atom is -0.350 e. The van der Waals surface area contributed by atoms with Crippen molar-refractivity contribution in [1.29, 1.82) is 0 Å². The number of hydrogen-bond acceptors (Lipinski definition) is 3. The molecule has 0 aliphatic heterocycles. The van der Waals surface area contributed by atoms with Crippen molar-refractivity contribution in [2.75, 3.05) is 0 Å². The molecular formula is C19H20N4O2. The maximum atomic E-state index is 12.2. The number of nitrogens with zero attached hydrogens (tertiary/aromatic N) is 3. The molecule has 0 aliphatic carbocycles. The van der Waals surface area contributed by atoms with Gasteiger partial charge in [-0.2, -0.15) is 5.10 Å². The molecule has 2 heterocycles. The van der Waals surface area contributed by atoms with Crippen molar-refractivity contribution < 1.29 is 4.79 Å². The van der Waals surface area contributed by atoms with E-state index in [1.165, 1.54) is 10.6 Å². The number of nitrogens with one attached hydrogen (secondary N) is 1. The molecule has 0 saturated carbocycles. The van der Waals surface area contributed by atoms with Gasteiger partial charge in [-0.1, -0.05) is 18.2 Å². The summed E-state index contributed by atoms with van der Waals surface area (Å²) in [5.41, 5.74) is 1.84. The van der Waals surface area contributed by atoms with Crippen LogP contribution in [0.5, 0.6) is 0 Å². The Labute approximate surface area is 145 Å². The number of aryl methyl sites for hydroxylation is 1. The normalized spacial score (nSPS) is 11.9.